The molecule has 5 amide bonds. The number of nitrogens with one attached hydrogen (secondary N) is 5. The van der Waals surface area contributed by atoms with Gasteiger partial charge in [0, 0.05) is 19.2 Å². The number of carbonyl (C=O) groups is 5. The van der Waals surface area contributed by atoms with E-state index in [9.17, 15) is 19.2 Å². The van der Waals surface area contributed by atoms with Crippen LogP contribution in [0.2, 0.25) is 0 Å². The average molecular weight is 513 g/mol. The Morgan fingerprint density at radius 2 is 1.53 bits per heavy atom. The Balaban J connectivity index is 0. The first kappa shape index (κ1) is 34.5. The first-order valence-electron chi connectivity index (χ1n) is 11.3. The van der Waals surface area contributed by atoms with Crippen LogP contribution in [0.5, 0.6) is 0 Å². The number of urea groups is 1. The van der Waals surface area contributed by atoms with E-state index in [-0.39, 0.29) is 37.4 Å². The molecule has 0 aromatic heterocycles. The van der Waals surface area contributed by atoms with E-state index in [0.717, 1.165) is 18.9 Å². The van der Waals surface area contributed by atoms with Crippen molar-refractivity contribution in [3.8, 4) is 0 Å². The van der Waals surface area contributed by atoms with Crippen molar-refractivity contribution in [1.29, 1.82) is 0 Å². The van der Waals surface area contributed by atoms with Crippen molar-refractivity contribution in [2.45, 2.75) is 46.8 Å². The fourth-order valence-corrected chi connectivity index (χ4v) is 2.34. The standard InChI is InChI=1S/C17H26N4O4.C4H10N2O.C2H4O2/c1-11(2)16(21-14(23)8-18-3)17(25)19-9-15(24)20-13-6-4-12(10-22)5-7-13;1-2-3-6-4(5)7;1-2(3)4/h4-7,11,16,18,22H,8-10H2,1-3H3,(H,19,25)(H,20,24)(H,21,23);2-3H2,1H3,(H3,5,6,7);1H3,(H,3,4). The summed E-state index contributed by atoms with van der Waals surface area (Å²) in [6.07, 6.45) is 0.933. The molecule has 0 spiro atoms. The first-order valence-corrected chi connectivity index (χ1v) is 11.3. The second kappa shape index (κ2) is 20.6. The van der Waals surface area contributed by atoms with Crippen LogP contribution in [0.1, 0.15) is 39.7 Å². The Kier molecular flexibility index (Phi) is 19.8. The van der Waals surface area contributed by atoms with Crippen molar-refractivity contribution in [2.75, 3.05) is 32.0 Å². The van der Waals surface area contributed by atoms with Crippen LogP contribution in [0.4, 0.5) is 10.5 Å². The van der Waals surface area contributed by atoms with Crippen LogP contribution in [0.3, 0.4) is 0 Å². The molecule has 1 rings (SSSR count). The van der Waals surface area contributed by atoms with Crippen LogP contribution < -0.4 is 32.3 Å². The smallest absolute Gasteiger partial charge is 0.312 e. The zero-order valence-corrected chi connectivity index (χ0v) is 21.5. The summed E-state index contributed by atoms with van der Waals surface area (Å²) in [5, 5.41) is 29.4. The SMILES string of the molecule is CC(=O)O.CCCNC(N)=O.CNCC(=O)NC(C(=O)NCC(=O)Nc1ccc(CO)cc1)C(C)C. The zero-order valence-electron chi connectivity index (χ0n) is 21.5. The Bertz CT molecular complexity index is 812. The van der Waals surface area contributed by atoms with E-state index in [1.54, 1.807) is 31.3 Å². The average Bonchev–Trinajstić information content (AvgIpc) is 2.80. The molecule has 0 bridgehead atoms. The lowest BCUT2D eigenvalue weighted by Crippen LogP contribution is -2.52. The maximum atomic E-state index is 12.2. The Morgan fingerprint density at radius 3 is 1.92 bits per heavy atom. The summed E-state index contributed by atoms with van der Waals surface area (Å²) in [5.74, 6) is -2.03. The van der Waals surface area contributed by atoms with Crippen LogP contribution >= 0.6 is 0 Å². The Hall–Kier alpha value is -3.71. The predicted octanol–water partition coefficient (Wildman–Crippen LogP) is -0.251. The summed E-state index contributed by atoms with van der Waals surface area (Å²) in [5.41, 5.74) is 6.04. The number of nitrogens with two attached hydrogens (primary N) is 1. The van der Waals surface area contributed by atoms with Crippen LogP contribution in [-0.4, -0.2) is 72.7 Å². The highest BCUT2D eigenvalue weighted by Crippen LogP contribution is 2.09. The van der Waals surface area contributed by atoms with E-state index in [0.29, 0.717) is 12.2 Å². The molecule has 13 heteroatoms. The summed E-state index contributed by atoms with van der Waals surface area (Å²) in [7, 11) is 1.64. The number of hydrogen-bond acceptors (Lipinski definition) is 7. The highest BCUT2D eigenvalue weighted by Gasteiger charge is 2.24. The molecule has 9 N–H and O–H groups in total. The Labute approximate surface area is 211 Å². The highest BCUT2D eigenvalue weighted by atomic mass is 16.4. The minimum Gasteiger partial charge on any atom is -0.481 e. The van der Waals surface area contributed by atoms with Gasteiger partial charge in [0.15, 0.2) is 0 Å². The number of aliphatic carboxylic acids is 1. The van der Waals surface area contributed by atoms with Gasteiger partial charge in [0.1, 0.15) is 6.04 Å². The van der Waals surface area contributed by atoms with Gasteiger partial charge in [-0.25, -0.2) is 4.79 Å². The quantitative estimate of drug-likeness (QED) is 0.197. The second-order valence-electron chi connectivity index (χ2n) is 7.75. The number of benzene rings is 1. The van der Waals surface area contributed by atoms with E-state index in [4.69, 9.17) is 20.7 Å². The molecule has 1 atom stereocenters. The molecule has 0 aliphatic heterocycles. The summed E-state index contributed by atoms with van der Waals surface area (Å²) in [4.78, 5) is 54.6. The topological polar surface area (TPSA) is 212 Å². The van der Waals surface area contributed by atoms with E-state index >= 15 is 0 Å². The van der Waals surface area contributed by atoms with Crippen molar-refractivity contribution >= 4 is 35.4 Å². The van der Waals surface area contributed by atoms with Gasteiger partial charge < -0.3 is 42.5 Å². The third-order valence-corrected chi connectivity index (χ3v) is 4.00. The maximum Gasteiger partial charge on any atom is 0.312 e. The molecular weight excluding hydrogens is 472 g/mol. The minimum atomic E-state index is -0.833. The number of likely N-dealkylation sites (N-methyl/N-ethyl adjacent to an activating group) is 1. The molecule has 1 aromatic rings. The third-order valence-electron chi connectivity index (χ3n) is 4.00. The predicted molar refractivity (Wildman–Crippen MR) is 136 cm³/mol. The van der Waals surface area contributed by atoms with Crippen LogP contribution in [0, 0.1) is 5.92 Å². The number of hydrogen-bond donors (Lipinski definition) is 8. The number of aliphatic hydroxyl groups excluding tert-OH is 1. The molecule has 13 nitrogen and oxygen atoms in total. The van der Waals surface area contributed by atoms with E-state index in [1.807, 2.05) is 20.8 Å². The second-order valence-corrected chi connectivity index (χ2v) is 7.75. The maximum absolute atomic E-state index is 12.2. The zero-order chi connectivity index (χ0) is 28.1. The van der Waals surface area contributed by atoms with Gasteiger partial charge >= 0.3 is 6.03 Å². The fraction of sp³-hybridized carbons (Fsp3) is 0.522. The molecule has 204 valence electrons. The highest BCUT2D eigenvalue weighted by molar-refractivity contribution is 5.96. The summed E-state index contributed by atoms with van der Waals surface area (Å²) in [6.45, 7) is 7.19. The molecule has 0 fully saturated rings. The van der Waals surface area contributed by atoms with Crippen LogP contribution in [0.25, 0.3) is 0 Å². The van der Waals surface area contributed by atoms with Crippen molar-refractivity contribution in [3.63, 3.8) is 0 Å². The monoisotopic (exact) mass is 512 g/mol. The number of primary amides is 1. The molecule has 0 aliphatic rings. The third kappa shape index (κ3) is 19.7. The number of rotatable bonds is 11. The number of carbonyl (C=O) groups excluding carboxylic acids is 4. The van der Waals surface area contributed by atoms with Crippen LogP contribution in [0.15, 0.2) is 24.3 Å². The summed E-state index contributed by atoms with van der Waals surface area (Å²) in [6, 6.07) is 5.57. The van der Waals surface area contributed by atoms with E-state index in [2.05, 4.69) is 26.6 Å². The first-order chi connectivity index (χ1) is 16.9. The lowest BCUT2D eigenvalue weighted by atomic mass is 10.0. The van der Waals surface area contributed by atoms with Crippen molar-refractivity contribution in [2.24, 2.45) is 11.7 Å². The lowest BCUT2D eigenvalue weighted by molar-refractivity contribution is -0.134. The van der Waals surface area contributed by atoms with Gasteiger partial charge in [0.2, 0.25) is 17.7 Å². The summed E-state index contributed by atoms with van der Waals surface area (Å²) >= 11 is 0. The number of aliphatic hydroxyl groups is 1. The lowest BCUT2D eigenvalue weighted by Gasteiger charge is -2.21. The van der Waals surface area contributed by atoms with Gasteiger partial charge in [0.05, 0.1) is 19.7 Å². The van der Waals surface area contributed by atoms with E-state index < -0.39 is 23.9 Å². The van der Waals surface area contributed by atoms with Gasteiger partial charge in [-0.1, -0.05) is 32.9 Å². The van der Waals surface area contributed by atoms with E-state index in [1.165, 1.54) is 0 Å². The largest absolute Gasteiger partial charge is 0.481 e. The van der Waals surface area contributed by atoms with Gasteiger partial charge in [0.25, 0.3) is 5.97 Å². The molecular formula is C23H40N6O7. The van der Waals surface area contributed by atoms with Crippen molar-refractivity contribution < 1.29 is 34.2 Å². The molecule has 0 aliphatic carbocycles. The normalized spacial score (nSPS) is 10.4. The molecule has 0 saturated heterocycles. The van der Waals surface area contributed by atoms with Gasteiger partial charge in [-0.2, -0.15) is 0 Å². The van der Waals surface area contributed by atoms with Crippen LogP contribution in [-0.2, 0) is 25.8 Å². The molecule has 0 heterocycles. The van der Waals surface area contributed by atoms with Gasteiger partial charge in [-0.05, 0) is 37.1 Å². The molecule has 0 radical (unpaired) electrons. The van der Waals surface area contributed by atoms with Gasteiger partial charge in [-0.15, -0.1) is 0 Å². The van der Waals surface area contributed by atoms with Crippen molar-refractivity contribution in [3.05, 3.63) is 29.8 Å². The van der Waals surface area contributed by atoms with Crippen molar-refractivity contribution in [1.82, 2.24) is 21.3 Å². The Morgan fingerprint density at radius 1 is 0.972 bits per heavy atom. The minimum absolute atomic E-state index is 0.0693. The molecule has 1 aromatic carbocycles. The number of carboxylic acids is 1. The molecule has 36 heavy (non-hydrogen) atoms. The number of amides is 5. The van der Waals surface area contributed by atoms with Gasteiger partial charge in [-0.3, -0.25) is 19.2 Å². The number of anilines is 1. The molecule has 1 unspecified atom stereocenters. The molecule has 0 saturated carbocycles. The number of carboxylic acid groups (broad SMARTS) is 1. The fourth-order valence-electron chi connectivity index (χ4n) is 2.34. The summed E-state index contributed by atoms with van der Waals surface area (Å²) < 4.78 is 0.